The smallest absolute Gasteiger partial charge is 0.234 e. The Hall–Kier alpha value is -2.15. The second-order valence-corrected chi connectivity index (χ2v) is 5.04. The minimum atomic E-state index is -1.64. The maximum atomic E-state index is 13.4. The molecule has 0 radical (unpaired) electrons. The maximum Gasteiger partial charge on any atom is 0.234 e. The molecule has 110 valence electrons. The largest absolute Gasteiger partial charge is 0.507 e. The van der Waals surface area contributed by atoms with Gasteiger partial charge in [0.1, 0.15) is 5.75 Å². The molecule has 7 heteroatoms. The highest BCUT2D eigenvalue weighted by Gasteiger charge is 2.15. The number of rotatable bonds is 4. The van der Waals surface area contributed by atoms with Gasteiger partial charge in [-0.3, -0.25) is 4.79 Å². The molecule has 0 aliphatic heterocycles. The number of phenolic OH excluding ortho intramolecular Hbond substituents is 1. The summed E-state index contributed by atoms with van der Waals surface area (Å²) in [5.41, 5.74) is -0.434. The Morgan fingerprint density at radius 3 is 2.52 bits per heavy atom. The van der Waals surface area contributed by atoms with Gasteiger partial charge in [0.15, 0.2) is 17.5 Å². The number of hydrogen-bond donors (Lipinski definition) is 2. The van der Waals surface area contributed by atoms with Gasteiger partial charge in [-0.1, -0.05) is 12.1 Å². The molecule has 0 aromatic heterocycles. The molecule has 1 amide bonds. The Labute approximate surface area is 122 Å². The van der Waals surface area contributed by atoms with Gasteiger partial charge >= 0.3 is 0 Å². The van der Waals surface area contributed by atoms with Crippen LogP contribution >= 0.6 is 11.8 Å². The van der Waals surface area contributed by atoms with Crippen LogP contribution in [0.3, 0.4) is 0 Å². The molecule has 2 rings (SSSR count). The molecule has 0 unspecified atom stereocenters. The van der Waals surface area contributed by atoms with Crippen LogP contribution in [0.1, 0.15) is 0 Å². The van der Waals surface area contributed by atoms with Crippen molar-refractivity contribution in [2.45, 2.75) is 4.90 Å². The molecule has 0 atom stereocenters. The number of carbonyl (C=O) groups excluding carboxylic acids is 1. The summed E-state index contributed by atoms with van der Waals surface area (Å²) in [6.45, 7) is 0. The number of amides is 1. The van der Waals surface area contributed by atoms with Crippen LogP contribution in [-0.2, 0) is 4.79 Å². The van der Waals surface area contributed by atoms with Gasteiger partial charge in [0, 0.05) is 4.90 Å². The zero-order valence-electron chi connectivity index (χ0n) is 10.6. The van der Waals surface area contributed by atoms with E-state index in [1.165, 1.54) is 6.07 Å². The van der Waals surface area contributed by atoms with Crippen molar-refractivity contribution in [3.05, 3.63) is 53.8 Å². The van der Waals surface area contributed by atoms with Crippen LogP contribution < -0.4 is 5.32 Å². The van der Waals surface area contributed by atoms with Crippen molar-refractivity contribution in [2.75, 3.05) is 11.1 Å². The fraction of sp³-hybridized carbons (Fsp3) is 0.0714. The summed E-state index contributed by atoms with van der Waals surface area (Å²) in [5, 5.41) is 11.7. The number of phenols is 1. The Morgan fingerprint density at radius 2 is 1.81 bits per heavy atom. The third kappa shape index (κ3) is 3.69. The summed E-state index contributed by atoms with van der Waals surface area (Å²) in [6.07, 6.45) is 0. The summed E-state index contributed by atoms with van der Waals surface area (Å²) >= 11 is 1.04. The summed E-state index contributed by atoms with van der Waals surface area (Å²) in [4.78, 5) is 12.1. The van der Waals surface area contributed by atoms with E-state index in [0.717, 1.165) is 23.9 Å². The lowest BCUT2D eigenvalue weighted by atomic mass is 10.3. The van der Waals surface area contributed by atoms with Crippen molar-refractivity contribution in [1.29, 1.82) is 0 Å². The third-order valence-electron chi connectivity index (χ3n) is 2.53. The molecule has 3 nitrogen and oxygen atoms in total. The summed E-state index contributed by atoms with van der Waals surface area (Å²) in [7, 11) is 0. The van der Waals surface area contributed by atoms with E-state index in [4.69, 9.17) is 0 Å². The van der Waals surface area contributed by atoms with Crippen LogP contribution in [0.15, 0.2) is 41.3 Å². The van der Waals surface area contributed by atoms with Gasteiger partial charge in [0.25, 0.3) is 0 Å². The molecule has 2 aromatic carbocycles. The van der Waals surface area contributed by atoms with E-state index in [1.807, 2.05) is 0 Å². The Morgan fingerprint density at radius 1 is 1.10 bits per heavy atom. The van der Waals surface area contributed by atoms with Crippen molar-refractivity contribution < 1.29 is 23.1 Å². The molecule has 0 aliphatic carbocycles. The predicted molar refractivity (Wildman–Crippen MR) is 73.8 cm³/mol. The van der Waals surface area contributed by atoms with Gasteiger partial charge in [0.2, 0.25) is 5.91 Å². The van der Waals surface area contributed by atoms with Crippen LogP contribution in [0.2, 0.25) is 0 Å². The van der Waals surface area contributed by atoms with Crippen molar-refractivity contribution in [3.8, 4) is 5.75 Å². The third-order valence-corrected chi connectivity index (χ3v) is 3.60. The van der Waals surface area contributed by atoms with E-state index in [9.17, 15) is 23.1 Å². The van der Waals surface area contributed by atoms with Crippen molar-refractivity contribution in [2.24, 2.45) is 0 Å². The van der Waals surface area contributed by atoms with E-state index in [-0.39, 0.29) is 11.5 Å². The van der Waals surface area contributed by atoms with Crippen LogP contribution in [0.4, 0.5) is 18.9 Å². The molecule has 0 bridgehead atoms. The quantitative estimate of drug-likeness (QED) is 0.670. The molecule has 0 saturated heterocycles. The van der Waals surface area contributed by atoms with Crippen molar-refractivity contribution in [3.63, 3.8) is 0 Å². The zero-order chi connectivity index (χ0) is 15.4. The van der Waals surface area contributed by atoms with Gasteiger partial charge in [-0.2, -0.15) is 0 Å². The lowest BCUT2D eigenvalue weighted by Gasteiger charge is -2.07. The molecule has 0 aliphatic rings. The van der Waals surface area contributed by atoms with E-state index >= 15 is 0 Å². The van der Waals surface area contributed by atoms with Crippen LogP contribution in [0.5, 0.6) is 5.75 Å². The monoisotopic (exact) mass is 313 g/mol. The number of nitrogens with one attached hydrogen (secondary N) is 1. The highest BCUT2D eigenvalue weighted by atomic mass is 32.2. The number of aromatic hydroxyl groups is 1. The van der Waals surface area contributed by atoms with E-state index in [0.29, 0.717) is 4.90 Å². The van der Waals surface area contributed by atoms with Gasteiger partial charge in [-0.05, 0) is 24.3 Å². The van der Waals surface area contributed by atoms with Crippen molar-refractivity contribution >= 4 is 23.4 Å². The average Bonchev–Trinajstić information content (AvgIpc) is 2.47. The lowest BCUT2D eigenvalue weighted by Crippen LogP contribution is -2.15. The van der Waals surface area contributed by atoms with Crippen LogP contribution in [-0.4, -0.2) is 16.8 Å². The molecule has 0 fully saturated rings. The molecule has 0 heterocycles. The molecule has 0 spiro atoms. The highest BCUT2D eigenvalue weighted by molar-refractivity contribution is 8.00. The SMILES string of the molecule is O=C(CSc1ccccc1O)Nc1ccc(F)c(F)c1F. The number of anilines is 1. The number of carbonyl (C=O) groups is 1. The maximum absolute atomic E-state index is 13.4. The van der Waals surface area contributed by atoms with E-state index < -0.39 is 29.0 Å². The number of thioether (sulfide) groups is 1. The first-order valence-corrected chi connectivity index (χ1v) is 6.81. The number of halogens is 3. The molecular weight excluding hydrogens is 303 g/mol. The fourth-order valence-electron chi connectivity index (χ4n) is 1.53. The molecule has 21 heavy (non-hydrogen) atoms. The topological polar surface area (TPSA) is 49.3 Å². The number of hydrogen-bond acceptors (Lipinski definition) is 3. The van der Waals surface area contributed by atoms with Crippen LogP contribution in [0.25, 0.3) is 0 Å². The summed E-state index contributed by atoms with van der Waals surface area (Å²) in [6, 6.07) is 8.08. The minimum absolute atomic E-state index is 0.0225. The second kappa shape index (κ2) is 6.53. The number of benzene rings is 2. The van der Waals surface area contributed by atoms with Gasteiger partial charge in [0.05, 0.1) is 11.4 Å². The normalized spacial score (nSPS) is 10.4. The molecule has 2 aromatic rings. The second-order valence-electron chi connectivity index (χ2n) is 4.03. The average molecular weight is 313 g/mol. The van der Waals surface area contributed by atoms with E-state index in [2.05, 4.69) is 5.32 Å². The Bertz CT molecular complexity index is 679. The first-order chi connectivity index (χ1) is 9.99. The Kier molecular flexibility index (Phi) is 4.74. The molecular formula is C14H10F3NO2S. The van der Waals surface area contributed by atoms with Crippen molar-refractivity contribution in [1.82, 2.24) is 0 Å². The number of para-hydroxylation sites is 1. The summed E-state index contributed by atoms with van der Waals surface area (Å²) in [5.74, 6) is -5.11. The summed E-state index contributed by atoms with van der Waals surface area (Å²) < 4.78 is 39.1. The first-order valence-electron chi connectivity index (χ1n) is 5.83. The van der Waals surface area contributed by atoms with Gasteiger partial charge < -0.3 is 10.4 Å². The highest BCUT2D eigenvalue weighted by Crippen LogP contribution is 2.28. The van der Waals surface area contributed by atoms with Crippen LogP contribution in [0, 0.1) is 17.5 Å². The predicted octanol–water partition coefficient (Wildman–Crippen LogP) is 3.54. The fourth-order valence-corrected chi connectivity index (χ4v) is 2.28. The van der Waals surface area contributed by atoms with Gasteiger partial charge in [-0.15, -0.1) is 11.8 Å². The minimum Gasteiger partial charge on any atom is -0.507 e. The first kappa shape index (κ1) is 15.2. The van der Waals surface area contributed by atoms with Gasteiger partial charge in [-0.25, -0.2) is 13.2 Å². The Balaban J connectivity index is 2.00. The molecule has 2 N–H and O–H groups in total. The zero-order valence-corrected chi connectivity index (χ0v) is 11.4. The molecule has 0 saturated carbocycles. The standard InChI is InChI=1S/C14H10F3NO2S/c15-8-5-6-9(14(17)13(8)16)18-12(20)7-21-11-4-2-1-3-10(11)19/h1-6,19H,7H2,(H,18,20). The van der Waals surface area contributed by atoms with E-state index in [1.54, 1.807) is 18.2 Å². The lowest BCUT2D eigenvalue weighted by molar-refractivity contribution is -0.113.